The second-order valence-electron chi connectivity index (χ2n) is 7.60. The number of anilines is 2. The number of nitrogens with one attached hydrogen (secondary N) is 2. The van der Waals surface area contributed by atoms with Gasteiger partial charge < -0.3 is 15.4 Å². The molecule has 2 amide bonds. The monoisotopic (exact) mass is 515 g/mol. The molecule has 184 valence electrons. The first-order valence-corrected chi connectivity index (χ1v) is 12.6. The molecular weight excluding hydrogens is 490 g/mol. The highest BCUT2D eigenvalue weighted by atomic mass is 35.5. The molecule has 0 aromatic heterocycles. The molecule has 0 spiro atoms. The van der Waals surface area contributed by atoms with Crippen LogP contribution in [0, 0.1) is 6.92 Å². The lowest BCUT2D eigenvalue weighted by atomic mass is 10.1. The summed E-state index contributed by atoms with van der Waals surface area (Å²) in [5.41, 5.74) is 1.51. The van der Waals surface area contributed by atoms with Crippen LogP contribution in [-0.2, 0) is 19.6 Å². The topological polar surface area (TPSA) is 105 Å². The predicted octanol–water partition coefficient (Wildman–Crippen LogP) is 3.86. The van der Waals surface area contributed by atoms with E-state index in [4.69, 9.17) is 16.3 Å². The average molecular weight is 516 g/mol. The molecule has 0 aliphatic heterocycles. The molecule has 2 N–H and O–H groups in total. The van der Waals surface area contributed by atoms with Gasteiger partial charge in [-0.1, -0.05) is 48.0 Å². The molecule has 3 aromatic rings. The fourth-order valence-electron chi connectivity index (χ4n) is 3.24. The van der Waals surface area contributed by atoms with Crippen LogP contribution in [0.2, 0.25) is 5.02 Å². The predicted molar refractivity (Wildman–Crippen MR) is 136 cm³/mol. The van der Waals surface area contributed by atoms with Gasteiger partial charge in [0.1, 0.15) is 6.54 Å². The Labute approximate surface area is 209 Å². The van der Waals surface area contributed by atoms with Crippen LogP contribution >= 0.6 is 11.6 Å². The molecule has 0 fully saturated rings. The molecule has 3 aromatic carbocycles. The number of halogens is 1. The molecule has 0 aliphatic carbocycles. The number of carbonyl (C=O) groups excluding carboxylic acids is 2. The zero-order valence-electron chi connectivity index (χ0n) is 19.3. The lowest BCUT2D eigenvalue weighted by Gasteiger charge is -2.25. The first-order valence-electron chi connectivity index (χ1n) is 10.7. The Kier molecular flexibility index (Phi) is 8.86. The maximum atomic E-state index is 13.5. The van der Waals surface area contributed by atoms with Crippen molar-refractivity contribution in [3.05, 3.63) is 88.9 Å². The van der Waals surface area contributed by atoms with Crippen molar-refractivity contribution in [1.82, 2.24) is 5.32 Å². The van der Waals surface area contributed by atoms with Crippen LogP contribution in [0.3, 0.4) is 0 Å². The van der Waals surface area contributed by atoms with Crippen molar-refractivity contribution in [2.45, 2.75) is 11.8 Å². The molecule has 0 heterocycles. The third-order valence-electron chi connectivity index (χ3n) is 5.10. The van der Waals surface area contributed by atoms with E-state index in [2.05, 4.69) is 10.6 Å². The molecule has 0 aliphatic rings. The van der Waals surface area contributed by atoms with Crippen LogP contribution in [0.25, 0.3) is 0 Å². The number of carbonyl (C=O) groups is 2. The van der Waals surface area contributed by atoms with Crippen LogP contribution in [0.15, 0.2) is 77.7 Å². The summed E-state index contributed by atoms with van der Waals surface area (Å²) in [4.78, 5) is 25.6. The highest BCUT2D eigenvalue weighted by molar-refractivity contribution is 7.92. The molecule has 0 unspecified atom stereocenters. The summed E-state index contributed by atoms with van der Waals surface area (Å²) in [7, 11) is -2.57. The van der Waals surface area contributed by atoms with Crippen LogP contribution in [0.4, 0.5) is 11.4 Å². The van der Waals surface area contributed by atoms with E-state index in [1.165, 1.54) is 25.3 Å². The summed E-state index contributed by atoms with van der Waals surface area (Å²) in [5, 5.41) is 5.73. The van der Waals surface area contributed by atoms with Gasteiger partial charge in [0.25, 0.3) is 15.9 Å². The molecular formula is C25H26ClN3O5S. The van der Waals surface area contributed by atoms with Crippen molar-refractivity contribution in [1.29, 1.82) is 0 Å². The zero-order chi connectivity index (χ0) is 25.4. The van der Waals surface area contributed by atoms with Gasteiger partial charge in [-0.3, -0.25) is 13.9 Å². The number of hydrogen-bond donors (Lipinski definition) is 2. The molecule has 0 saturated heterocycles. The SMILES string of the molecule is COCCNC(=O)c1ccccc1NC(=O)CN(c1ccc(C)c(Cl)c1)S(=O)(=O)c1ccccc1. The number of para-hydroxylation sites is 1. The molecule has 35 heavy (non-hydrogen) atoms. The Balaban J connectivity index is 1.90. The van der Waals surface area contributed by atoms with E-state index >= 15 is 0 Å². The fraction of sp³-hybridized carbons (Fsp3) is 0.200. The van der Waals surface area contributed by atoms with Crippen molar-refractivity contribution in [2.24, 2.45) is 0 Å². The summed E-state index contributed by atoms with van der Waals surface area (Å²) < 4.78 is 32.9. The van der Waals surface area contributed by atoms with Crippen molar-refractivity contribution in [3.8, 4) is 0 Å². The van der Waals surface area contributed by atoms with Gasteiger partial charge in [-0.05, 0) is 48.9 Å². The molecule has 3 rings (SSSR count). The Morgan fingerprint density at radius 1 is 1.00 bits per heavy atom. The van der Waals surface area contributed by atoms with Gasteiger partial charge in [0.2, 0.25) is 5.91 Å². The Morgan fingerprint density at radius 3 is 2.37 bits per heavy atom. The average Bonchev–Trinajstić information content (AvgIpc) is 2.85. The highest BCUT2D eigenvalue weighted by Crippen LogP contribution is 2.28. The molecule has 0 saturated carbocycles. The third kappa shape index (κ3) is 6.60. The largest absolute Gasteiger partial charge is 0.383 e. The second kappa shape index (κ2) is 11.8. The number of nitrogens with zero attached hydrogens (tertiary/aromatic N) is 1. The smallest absolute Gasteiger partial charge is 0.264 e. The lowest BCUT2D eigenvalue weighted by Crippen LogP contribution is -2.38. The summed E-state index contributed by atoms with van der Waals surface area (Å²) in [6.07, 6.45) is 0. The Hall–Kier alpha value is -3.40. The van der Waals surface area contributed by atoms with Gasteiger partial charge in [-0.25, -0.2) is 8.42 Å². The summed E-state index contributed by atoms with van der Waals surface area (Å²) >= 11 is 6.25. The number of rotatable bonds is 10. The van der Waals surface area contributed by atoms with Crippen LogP contribution in [0.5, 0.6) is 0 Å². The second-order valence-corrected chi connectivity index (χ2v) is 9.87. The molecule has 0 atom stereocenters. The number of hydrogen-bond acceptors (Lipinski definition) is 5. The maximum absolute atomic E-state index is 13.5. The number of amides is 2. The third-order valence-corrected chi connectivity index (χ3v) is 7.29. The van der Waals surface area contributed by atoms with E-state index in [0.29, 0.717) is 18.2 Å². The summed E-state index contributed by atoms with van der Waals surface area (Å²) in [5.74, 6) is -1.02. The Morgan fingerprint density at radius 2 is 1.69 bits per heavy atom. The van der Waals surface area contributed by atoms with Gasteiger partial charge in [-0.2, -0.15) is 0 Å². The minimum Gasteiger partial charge on any atom is -0.383 e. The molecule has 0 radical (unpaired) electrons. The molecule has 0 bridgehead atoms. The van der Waals surface area contributed by atoms with Gasteiger partial charge in [0.15, 0.2) is 0 Å². The van der Waals surface area contributed by atoms with Crippen LogP contribution in [-0.4, -0.2) is 47.0 Å². The van der Waals surface area contributed by atoms with Gasteiger partial charge in [0, 0.05) is 18.7 Å². The first-order chi connectivity index (χ1) is 16.7. The van der Waals surface area contributed by atoms with Gasteiger partial charge in [-0.15, -0.1) is 0 Å². The van der Waals surface area contributed by atoms with E-state index in [1.54, 1.807) is 61.5 Å². The maximum Gasteiger partial charge on any atom is 0.264 e. The van der Waals surface area contributed by atoms with Crippen LogP contribution < -0.4 is 14.9 Å². The highest BCUT2D eigenvalue weighted by Gasteiger charge is 2.28. The number of benzene rings is 3. The normalized spacial score (nSPS) is 11.1. The fourth-order valence-corrected chi connectivity index (χ4v) is 4.85. The minimum atomic E-state index is -4.09. The minimum absolute atomic E-state index is 0.0300. The quantitative estimate of drug-likeness (QED) is 0.399. The van der Waals surface area contributed by atoms with Crippen molar-refractivity contribution in [2.75, 3.05) is 36.4 Å². The standard InChI is InChI=1S/C25H26ClN3O5S/c1-18-12-13-19(16-22(18)26)29(35(32,33)20-8-4-3-5-9-20)17-24(30)28-23-11-7-6-10-21(23)25(31)27-14-15-34-2/h3-13,16H,14-15,17H2,1-2H3,(H,27,31)(H,28,30). The van der Waals surface area contributed by atoms with Crippen LogP contribution in [0.1, 0.15) is 15.9 Å². The van der Waals surface area contributed by atoms with Crippen molar-refractivity contribution >= 4 is 44.8 Å². The van der Waals surface area contributed by atoms with E-state index in [0.717, 1.165) is 9.87 Å². The molecule has 8 nitrogen and oxygen atoms in total. The van der Waals surface area contributed by atoms with E-state index < -0.39 is 28.4 Å². The van der Waals surface area contributed by atoms with Gasteiger partial charge in [0.05, 0.1) is 28.4 Å². The number of sulfonamides is 1. The number of ether oxygens (including phenoxy) is 1. The lowest BCUT2D eigenvalue weighted by molar-refractivity contribution is -0.114. The van der Waals surface area contributed by atoms with E-state index in [-0.39, 0.29) is 21.8 Å². The Bertz CT molecular complexity index is 1300. The van der Waals surface area contributed by atoms with E-state index in [9.17, 15) is 18.0 Å². The van der Waals surface area contributed by atoms with Crippen molar-refractivity contribution in [3.63, 3.8) is 0 Å². The van der Waals surface area contributed by atoms with Crippen molar-refractivity contribution < 1.29 is 22.7 Å². The first kappa shape index (κ1) is 26.2. The number of methoxy groups -OCH3 is 1. The summed E-state index contributed by atoms with van der Waals surface area (Å²) in [6, 6.07) is 19.1. The van der Waals surface area contributed by atoms with Gasteiger partial charge >= 0.3 is 0 Å². The zero-order valence-corrected chi connectivity index (χ0v) is 20.9. The number of aryl methyl sites for hydroxylation is 1. The summed E-state index contributed by atoms with van der Waals surface area (Å²) in [6.45, 7) is 1.90. The van der Waals surface area contributed by atoms with E-state index in [1.807, 2.05) is 0 Å². The molecule has 10 heteroatoms.